The third-order valence-corrected chi connectivity index (χ3v) is 4.52. The molecule has 6 nitrogen and oxygen atoms in total. The van der Waals surface area contributed by atoms with Crippen molar-refractivity contribution in [1.29, 1.82) is 0 Å². The maximum atomic E-state index is 5.90. The topological polar surface area (TPSA) is 62.7 Å². The second-order valence-electron chi connectivity index (χ2n) is 7.07. The van der Waals surface area contributed by atoms with Gasteiger partial charge >= 0.3 is 0 Å². The molecule has 0 radical (unpaired) electrons. The van der Waals surface area contributed by atoms with Crippen molar-refractivity contribution in [3.8, 4) is 22.9 Å². The quantitative estimate of drug-likeness (QED) is 0.326. The highest BCUT2D eigenvalue weighted by atomic mass is 16.5. The van der Waals surface area contributed by atoms with E-state index in [9.17, 15) is 0 Å². The molecule has 2 aromatic rings. The molecule has 0 saturated heterocycles. The molecule has 1 aromatic heterocycles. The van der Waals surface area contributed by atoms with Crippen molar-refractivity contribution in [2.24, 2.45) is 0 Å². The van der Waals surface area contributed by atoms with Gasteiger partial charge in [-0.1, -0.05) is 51.7 Å². The number of hydrogen-bond donors (Lipinski definition) is 0. The van der Waals surface area contributed by atoms with Crippen LogP contribution in [0.2, 0.25) is 0 Å². The molecule has 30 heavy (non-hydrogen) atoms. The second kappa shape index (κ2) is 15.6. The molecule has 0 N–H and O–H groups in total. The summed E-state index contributed by atoms with van der Waals surface area (Å²) < 4.78 is 22.7. The van der Waals surface area contributed by atoms with Gasteiger partial charge in [-0.05, 0) is 25.0 Å². The summed E-state index contributed by atoms with van der Waals surface area (Å²) >= 11 is 0. The van der Waals surface area contributed by atoms with Crippen molar-refractivity contribution in [3.05, 3.63) is 36.7 Å². The number of aromatic nitrogens is 2. The second-order valence-corrected chi connectivity index (χ2v) is 7.07. The monoisotopic (exact) mass is 416 g/mol. The van der Waals surface area contributed by atoms with E-state index in [1.54, 1.807) is 12.4 Å². The highest BCUT2D eigenvalue weighted by molar-refractivity contribution is 5.63. The van der Waals surface area contributed by atoms with Crippen molar-refractivity contribution in [2.45, 2.75) is 52.4 Å². The maximum absolute atomic E-state index is 5.90. The average molecular weight is 417 g/mol. The van der Waals surface area contributed by atoms with Gasteiger partial charge in [-0.2, -0.15) is 0 Å². The smallest absolute Gasteiger partial charge is 0.163 e. The van der Waals surface area contributed by atoms with Gasteiger partial charge in [0.05, 0.1) is 31.2 Å². The van der Waals surface area contributed by atoms with Crippen LogP contribution in [0.15, 0.2) is 36.7 Å². The SMILES string of the molecule is CCCCCOCCOc1cnc(-c2ccccc2OCCOCCCCC)nc1. The van der Waals surface area contributed by atoms with Crippen molar-refractivity contribution in [3.63, 3.8) is 0 Å². The molecule has 0 amide bonds. The molecule has 0 spiro atoms. The number of nitrogens with zero attached hydrogens (tertiary/aromatic N) is 2. The molecule has 0 atom stereocenters. The molecule has 1 aromatic carbocycles. The number of hydrogen-bond acceptors (Lipinski definition) is 6. The zero-order valence-electron chi connectivity index (χ0n) is 18.5. The molecule has 0 fully saturated rings. The van der Waals surface area contributed by atoms with Crippen molar-refractivity contribution in [2.75, 3.05) is 39.6 Å². The van der Waals surface area contributed by atoms with Crippen LogP contribution in [-0.2, 0) is 9.47 Å². The van der Waals surface area contributed by atoms with E-state index in [-0.39, 0.29) is 0 Å². The minimum absolute atomic E-state index is 0.493. The molecular weight excluding hydrogens is 380 g/mol. The minimum atomic E-state index is 0.493. The average Bonchev–Trinajstić information content (AvgIpc) is 2.79. The summed E-state index contributed by atoms with van der Waals surface area (Å²) in [7, 11) is 0. The third-order valence-electron chi connectivity index (χ3n) is 4.52. The molecule has 0 aliphatic heterocycles. The molecule has 0 bridgehead atoms. The summed E-state index contributed by atoms with van der Waals surface area (Å²) in [5.41, 5.74) is 0.856. The number of benzene rings is 1. The Labute approximate surface area is 180 Å². The van der Waals surface area contributed by atoms with E-state index >= 15 is 0 Å². The molecule has 2 rings (SSSR count). The summed E-state index contributed by atoms with van der Waals surface area (Å²) in [4.78, 5) is 8.88. The molecule has 166 valence electrons. The molecule has 1 heterocycles. The van der Waals surface area contributed by atoms with Gasteiger partial charge in [-0.15, -0.1) is 0 Å². The van der Waals surface area contributed by atoms with Crippen LogP contribution < -0.4 is 9.47 Å². The first kappa shape index (κ1) is 24.1. The fourth-order valence-corrected chi connectivity index (χ4v) is 2.85. The molecule has 6 heteroatoms. The van der Waals surface area contributed by atoms with Crippen LogP contribution in [-0.4, -0.2) is 49.6 Å². The molecule has 0 saturated carbocycles. The van der Waals surface area contributed by atoms with Crippen LogP contribution >= 0.6 is 0 Å². The Morgan fingerprint density at radius 3 is 1.90 bits per heavy atom. The van der Waals surface area contributed by atoms with E-state index in [4.69, 9.17) is 18.9 Å². The predicted octanol–water partition coefficient (Wildman–Crippen LogP) is 5.31. The Morgan fingerprint density at radius 2 is 1.27 bits per heavy atom. The van der Waals surface area contributed by atoms with E-state index in [0.717, 1.165) is 37.4 Å². The fraction of sp³-hybridized carbons (Fsp3) is 0.583. The summed E-state index contributed by atoms with van der Waals surface area (Å²) in [5.74, 6) is 2.00. The summed E-state index contributed by atoms with van der Waals surface area (Å²) in [6.07, 6.45) is 10.4. The Kier molecular flexibility index (Phi) is 12.6. The first-order valence-electron chi connectivity index (χ1n) is 11.2. The zero-order valence-corrected chi connectivity index (χ0v) is 18.5. The maximum Gasteiger partial charge on any atom is 0.163 e. The number of unbranched alkanes of at least 4 members (excludes halogenated alkanes) is 4. The third kappa shape index (κ3) is 9.55. The summed E-state index contributed by atoms with van der Waals surface area (Å²) in [6.45, 7) is 8.08. The fourth-order valence-electron chi connectivity index (χ4n) is 2.85. The van der Waals surface area contributed by atoms with Crippen LogP contribution in [0.3, 0.4) is 0 Å². The Hall–Kier alpha value is -2.18. The van der Waals surface area contributed by atoms with Crippen LogP contribution in [0.4, 0.5) is 0 Å². The highest BCUT2D eigenvalue weighted by Gasteiger charge is 2.09. The van der Waals surface area contributed by atoms with Crippen LogP contribution in [0.5, 0.6) is 11.5 Å². The van der Waals surface area contributed by atoms with Crippen LogP contribution in [0.1, 0.15) is 52.4 Å². The summed E-state index contributed by atoms with van der Waals surface area (Å²) in [5, 5.41) is 0. The molecule has 0 aliphatic carbocycles. The largest absolute Gasteiger partial charge is 0.490 e. The lowest BCUT2D eigenvalue weighted by molar-refractivity contribution is 0.0970. The standard InChI is InChI=1S/C24H36N2O4/c1-3-5-9-13-27-15-17-29-21-19-25-24(26-20-21)22-11-7-8-12-23(22)30-18-16-28-14-10-6-4-2/h7-8,11-12,19-20H,3-6,9-10,13-18H2,1-2H3. The van der Waals surface area contributed by atoms with Gasteiger partial charge in [0.25, 0.3) is 0 Å². The predicted molar refractivity (Wildman–Crippen MR) is 119 cm³/mol. The lowest BCUT2D eigenvalue weighted by Gasteiger charge is -2.11. The van der Waals surface area contributed by atoms with E-state index in [1.165, 1.54) is 25.7 Å². The van der Waals surface area contributed by atoms with Gasteiger partial charge in [0, 0.05) is 13.2 Å². The van der Waals surface area contributed by atoms with Crippen LogP contribution in [0, 0.1) is 0 Å². The minimum Gasteiger partial charge on any atom is -0.490 e. The van der Waals surface area contributed by atoms with Gasteiger partial charge in [-0.3, -0.25) is 0 Å². The van der Waals surface area contributed by atoms with Gasteiger partial charge in [-0.25, -0.2) is 9.97 Å². The lowest BCUT2D eigenvalue weighted by Crippen LogP contribution is -2.09. The molecule has 0 aliphatic rings. The normalized spacial score (nSPS) is 10.9. The van der Waals surface area contributed by atoms with E-state index in [2.05, 4.69) is 23.8 Å². The Morgan fingerprint density at radius 1 is 0.667 bits per heavy atom. The van der Waals surface area contributed by atoms with E-state index < -0.39 is 0 Å². The van der Waals surface area contributed by atoms with E-state index in [1.807, 2.05) is 24.3 Å². The first-order chi connectivity index (χ1) is 14.8. The zero-order chi connectivity index (χ0) is 21.3. The Bertz CT molecular complexity index is 679. The summed E-state index contributed by atoms with van der Waals surface area (Å²) in [6, 6.07) is 7.78. The Balaban J connectivity index is 1.76. The first-order valence-corrected chi connectivity index (χ1v) is 11.2. The van der Waals surface area contributed by atoms with Crippen LogP contribution in [0.25, 0.3) is 11.4 Å². The highest BCUT2D eigenvalue weighted by Crippen LogP contribution is 2.27. The number of para-hydroxylation sites is 1. The van der Waals surface area contributed by atoms with Crippen molar-refractivity contribution >= 4 is 0 Å². The van der Waals surface area contributed by atoms with Gasteiger partial charge in [0.15, 0.2) is 11.6 Å². The number of ether oxygens (including phenoxy) is 4. The van der Waals surface area contributed by atoms with E-state index in [0.29, 0.717) is 38.0 Å². The number of rotatable bonds is 17. The van der Waals surface area contributed by atoms with Crippen molar-refractivity contribution in [1.82, 2.24) is 9.97 Å². The van der Waals surface area contributed by atoms with Gasteiger partial charge in [0.2, 0.25) is 0 Å². The lowest BCUT2D eigenvalue weighted by atomic mass is 10.2. The van der Waals surface area contributed by atoms with Gasteiger partial charge < -0.3 is 18.9 Å². The molecule has 0 unspecified atom stereocenters. The van der Waals surface area contributed by atoms with Crippen molar-refractivity contribution < 1.29 is 18.9 Å². The van der Waals surface area contributed by atoms with Gasteiger partial charge in [0.1, 0.15) is 19.0 Å². The molecular formula is C24H36N2O4.